The first-order chi connectivity index (χ1) is 18.6. The van der Waals surface area contributed by atoms with Gasteiger partial charge in [0.2, 0.25) is 0 Å². The lowest BCUT2D eigenvalue weighted by atomic mass is 10.2. The molecule has 0 atom stereocenters. The molecule has 39 heavy (non-hydrogen) atoms. The molecule has 0 spiro atoms. The summed E-state index contributed by atoms with van der Waals surface area (Å²) >= 11 is 6.02. The zero-order valence-corrected chi connectivity index (χ0v) is 21.7. The van der Waals surface area contributed by atoms with Crippen molar-refractivity contribution >= 4 is 22.8 Å². The third-order valence-corrected chi connectivity index (χ3v) is 6.21. The Kier molecular flexibility index (Phi) is 8.66. The molecule has 208 valence electrons. The van der Waals surface area contributed by atoms with Gasteiger partial charge in [-0.05, 0) is 42.7 Å². The number of aryl methyl sites for hydroxylation is 2. The molecule has 0 aliphatic rings. The third-order valence-electron chi connectivity index (χ3n) is 5.96. The quantitative estimate of drug-likeness (QED) is 0.277. The van der Waals surface area contributed by atoms with Crippen molar-refractivity contribution in [3.8, 4) is 11.5 Å². The number of nitrogens with zero attached hydrogens (tertiary/aromatic N) is 4. The monoisotopic (exact) mass is 566 g/mol. The molecule has 0 fully saturated rings. The molecule has 1 N–H and O–H groups in total. The summed E-state index contributed by atoms with van der Waals surface area (Å²) in [6.45, 7) is 0.325. The maximum absolute atomic E-state index is 13.4. The van der Waals surface area contributed by atoms with E-state index in [-0.39, 0.29) is 55.4 Å². The molecule has 0 amide bonds. The second-order valence-electron chi connectivity index (χ2n) is 8.76. The SMILES string of the molecule is Cn1c(=O)n(CCCO)c(=O)c2c1nc(CCCOc1cccc(OC(F)(F)F)c1)n2Cc1ccc(Cl)cc1. The van der Waals surface area contributed by atoms with Gasteiger partial charge in [0.15, 0.2) is 11.2 Å². The van der Waals surface area contributed by atoms with Gasteiger partial charge in [0.1, 0.15) is 17.3 Å². The molecule has 4 aromatic rings. The second kappa shape index (κ2) is 12.0. The fourth-order valence-electron chi connectivity index (χ4n) is 4.16. The van der Waals surface area contributed by atoms with Crippen molar-refractivity contribution in [2.24, 2.45) is 7.05 Å². The molecule has 4 rings (SSSR count). The van der Waals surface area contributed by atoms with Gasteiger partial charge in [0.25, 0.3) is 5.56 Å². The number of hydrogen-bond acceptors (Lipinski definition) is 6. The fraction of sp³-hybridized carbons (Fsp3) is 0.346. The molecule has 0 unspecified atom stereocenters. The molecule has 13 heteroatoms. The van der Waals surface area contributed by atoms with Crippen LogP contribution in [0.1, 0.15) is 24.2 Å². The standard InChI is InChI=1S/C26H26ClF3N4O5/c1-32-23-22(24(36)33(25(32)37)12-4-13-35)34(16-17-8-10-18(27)11-9-17)21(31-23)7-3-14-38-19-5-2-6-20(15-19)39-26(28,29)30/h2,5-6,8-11,15,35H,3-4,7,12-14,16H2,1H3. The molecule has 9 nitrogen and oxygen atoms in total. The predicted octanol–water partition coefficient (Wildman–Crippen LogP) is 3.89. The number of benzene rings is 2. The first-order valence-corrected chi connectivity index (χ1v) is 12.5. The summed E-state index contributed by atoms with van der Waals surface area (Å²) in [5.41, 5.74) is 0.290. The summed E-state index contributed by atoms with van der Waals surface area (Å²) < 4.78 is 51.2. The zero-order chi connectivity index (χ0) is 28.2. The minimum atomic E-state index is -4.81. The van der Waals surface area contributed by atoms with Crippen LogP contribution in [0.4, 0.5) is 13.2 Å². The van der Waals surface area contributed by atoms with Crippen molar-refractivity contribution < 1.29 is 27.8 Å². The highest BCUT2D eigenvalue weighted by Gasteiger charge is 2.31. The van der Waals surface area contributed by atoms with Crippen LogP contribution in [0.2, 0.25) is 5.02 Å². The Balaban J connectivity index is 1.61. The minimum absolute atomic E-state index is 0.0599. The van der Waals surface area contributed by atoms with E-state index in [4.69, 9.17) is 16.3 Å². The Morgan fingerprint density at radius 3 is 2.44 bits per heavy atom. The van der Waals surface area contributed by atoms with Crippen LogP contribution in [0.5, 0.6) is 11.5 Å². The van der Waals surface area contributed by atoms with Gasteiger partial charge >= 0.3 is 12.1 Å². The van der Waals surface area contributed by atoms with Crippen LogP contribution in [0.15, 0.2) is 58.1 Å². The van der Waals surface area contributed by atoms with E-state index in [0.717, 1.165) is 16.2 Å². The van der Waals surface area contributed by atoms with Crippen molar-refractivity contribution in [1.29, 1.82) is 0 Å². The lowest BCUT2D eigenvalue weighted by molar-refractivity contribution is -0.274. The fourth-order valence-corrected chi connectivity index (χ4v) is 4.28. The maximum atomic E-state index is 13.4. The van der Waals surface area contributed by atoms with E-state index in [1.807, 2.05) is 12.1 Å². The van der Waals surface area contributed by atoms with E-state index in [2.05, 4.69) is 9.72 Å². The number of aliphatic hydroxyl groups is 1. The molecular weight excluding hydrogens is 541 g/mol. The molecule has 0 saturated carbocycles. The smallest absolute Gasteiger partial charge is 0.493 e. The largest absolute Gasteiger partial charge is 0.573 e. The number of hydrogen-bond donors (Lipinski definition) is 1. The van der Waals surface area contributed by atoms with Crippen molar-refractivity contribution in [3.63, 3.8) is 0 Å². The van der Waals surface area contributed by atoms with Gasteiger partial charge in [0, 0.05) is 44.3 Å². The number of rotatable bonds is 11. The van der Waals surface area contributed by atoms with E-state index < -0.39 is 17.6 Å². The van der Waals surface area contributed by atoms with Crippen molar-refractivity contribution in [3.05, 3.63) is 85.8 Å². The summed E-state index contributed by atoms with van der Waals surface area (Å²) in [4.78, 5) is 30.8. The number of alkyl halides is 3. The number of aromatic nitrogens is 4. The van der Waals surface area contributed by atoms with Crippen LogP contribution in [0.3, 0.4) is 0 Å². The number of halogens is 4. The first-order valence-electron chi connectivity index (χ1n) is 12.1. The predicted molar refractivity (Wildman–Crippen MR) is 138 cm³/mol. The van der Waals surface area contributed by atoms with Crippen molar-refractivity contribution in [2.75, 3.05) is 13.2 Å². The molecular formula is C26H26ClF3N4O5. The third kappa shape index (κ3) is 6.82. The average molecular weight is 567 g/mol. The van der Waals surface area contributed by atoms with E-state index in [9.17, 15) is 27.9 Å². The molecule has 0 aliphatic carbocycles. The van der Waals surface area contributed by atoms with Gasteiger partial charge in [-0.3, -0.25) is 13.9 Å². The van der Waals surface area contributed by atoms with Crippen LogP contribution >= 0.6 is 11.6 Å². The lowest BCUT2D eigenvalue weighted by Gasteiger charge is -2.12. The maximum Gasteiger partial charge on any atom is 0.573 e. The van der Waals surface area contributed by atoms with E-state index in [1.165, 1.54) is 29.8 Å². The van der Waals surface area contributed by atoms with Crippen LogP contribution in [-0.2, 0) is 26.6 Å². The van der Waals surface area contributed by atoms with Crippen LogP contribution in [-0.4, -0.2) is 43.4 Å². The first kappa shape index (κ1) is 28.2. The van der Waals surface area contributed by atoms with E-state index in [0.29, 0.717) is 23.7 Å². The molecule has 0 bridgehead atoms. The molecule has 0 saturated heterocycles. The van der Waals surface area contributed by atoms with Crippen LogP contribution in [0, 0.1) is 0 Å². The Labute approximate surface area is 225 Å². The lowest BCUT2D eigenvalue weighted by Crippen LogP contribution is -2.40. The molecule has 2 aromatic heterocycles. The number of aliphatic hydroxyl groups excluding tert-OH is 1. The van der Waals surface area contributed by atoms with Crippen molar-refractivity contribution in [2.45, 2.75) is 38.7 Å². The topological polar surface area (TPSA) is 101 Å². The zero-order valence-electron chi connectivity index (χ0n) is 20.9. The second-order valence-corrected chi connectivity index (χ2v) is 9.20. The van der Waals surface area contributed by atoms with Gasteiger partial charge in [0.05, 0.1) is 6.61 Å². The van der Waals surface area contributed by atoms with Gasteiger partial charge in [-0.25, -0.2) is 9.78 Å². The minimum Gasteiger partial charge on any atom is -0.493 e. The van der Waals surface area contributed by atoms with Crippen LogP contribution < -0.4 is 20.7 Å². The highest BCUT2D eigenvalue weighted by molar-refractivity contribution is 6.30. The van der Waals surface area contributed by atoms with E-state index in [1.54, 1.807) is 16.7 Å². The van der Waals surface area contributed by atoms with Gasteiger partial charge in [-0.2, -0.15) is 0 Å². The average Bonchev–Trinajstić information content (AvgIpc) is 3.24. The van der Waals surface area contributed by atoms with Crippen molar-refractivity contribution in [1.82, 2.24) is 18.7 Å². The Morgan fingerprint density at radius 1 is 1.03 bits per heavy atom. The summed E-state index contributed by atoms with van der Waals surface area (Å²) in [6.07, 6.45) is -3.80. The number of ether oxygens (including phenoxy) is 2. The van der Waals surface area contributed by atoms with Crippen LogP contribution in [0.25, 0.3) is 11.2 Å². The summed E-state index contributed by atoms with van der Waals surface area (Å²) in [5.74, 6) is 0.355. The normalized spacial score (nSPS) is 11.7. The van der Waals surface area contributed by atoms with Gasteiger partial charge in [-0.15, -0.1) is 13.2 Å². The Bertz CT molecular complexity index is 1560. The van der Waals surface area contributed by atoms with Gasteiger partial charge < -0.3 is 19.1 Å². The molecule has 0 aliphatic heterocycles. The highest BCUT2D eigenvalue weighted by atomic mass is 35.5. The Morgan fingerprint density at radius 2 is 1.74 bits per heavy atom. The highest BCUT2D eigenvalue weighted by Crippen LogP contribution is 2.26. The summed E-state index contributed by atoms with van der Waals surface area (Å²) in [7, 11) is 1.53. The Hall–Kier alpha value is -3.77. The summed E-state index contributed by atoms with van der Waals surface area (Å²) in [6, 6.07) is 12.3. The number of fused-ring (bicyclic) bond motifs is 1. The summed E-state index contributed by atoms with van der Waals surface area (Å²) in [5, 5.41) is 9.77. The van der Waals surface area contributed by atoms with E-state index >= 15 is 0 Å². The molecule has 0 radical (unpaired) electrons. The molecule has 2 heterocycles. The number of imidazole rings is 1. The van der Waals surface area contributed by atoms with Gasteiger partial charge in [-0.1, -0.05) is 29.8 Å². The molecule has 2 aromatic carbocycles.